The second kappa shape index (κ2) is 8.94. The average molecular weight is 402 g/mol. The average Bonchev–Trinajstić information content (AvgIpc) is 3.32. The number of esters is 1. The first-order chi connectivity index (χ1) is 13.1. The van der Waals surface area contributed by atoms with Crippen LogP contribution in [0.1, 0.15) is 33.2 Å². The Morgan fingerprint density at radius 1 is 1.15 bits per heavy atom. The molecule has 0 radical (unpaired) electrons. The summed E-state index contributed by atoms with van der Waals surface area (Å²) in [4.78, 5) is 26.2. The number of rotatable bonds is 7. The summed E-state index contributed by atoms with van der Waals surface area (Å²) in [6.07, 6.45) is 0. The maximum Gasteiger partial charge on any atom is 0.341 e. The Bertz CT molecular complexity index is 931. The summed E-state index contributed by atoms with van der Waals surface area (Å²) in [7, 11) is 1.61. The van der Waals surface area contributed by atoms with Crippen molar-refractivity contribution in [3.63, 3.8) is 0 Å². The molecule has 3 aromatic rings. The highest BCUT2D eigenvalue weighted by molar-refractivity contribution is 7.17. The smallest absolute Gasteiger partial charge is 0.341 e. The fourth-order valence-electron chi connectivity index (χ4n) is 2.61. The lowest BCUT2D eigenvalue weighted by Gasteiger charge is -2.09. The van der Waals surface area contributed by atoms with Crippen LogP contribution in [0, 0.1) is 0 Å². The van der Waals surface area contributed by atoms with Gasteiger partial charge in [-0.3, -0.25) is 4.79 Å². The number of carbonyl (C=O) groups excluding carboxylic acids is 2. The van der Waals surface area contributed by atoms with E-state index in [-0.39, 0.29) is 12.5 Å². The highest BCUT2D eigenvalue weighted by atomic mass is 32.1. The lowest BCUT2D eigenvalue weighted by Crippen LogP contribution is -2.15. The van der Waals surface area contributed by atoms with Gasteiger partial charge in [0.1, 0.15) is 10.6 Å². The van der Waals surface area contributed by atoms with E-state index in [2.05, 4.69) is 5.32 Å². The molecule has 0 fully saturated rings. The summed E-state index contributed by atoms with van der Waals surface area (Å²) in [6, 6.07) is 11.1. The molecule has 0 bridgehead atoms. The van der Waals surface area contributed by atoms with Gasteiger partial charge in [-0.25, -0.2) is 4.79 Å². The van der Waals surface area contributed by atoms with Gasteiger partial charge in [0.15, 0.2) is 0 Å². The van der Waals surface area contributed by atoms with Gasteiger partial charge in [-0.1, -0.05) is 18.2 Å². The molecule has 0 saturated carbocycles. The molecule has 1 N–H and O–H groups in total. The number of anilines is 1. The lowest BCUT2D eigenvalue weighted by molar-refractivity contribution is 0.0529. The van der Waals surface area contributed by atoms with Crippen LogP contribution in [0.5, 0.6) is 0 Å². The number of methoxy groups -OCH3 is 1. The molecule has 140 valence electrons. The summed E-state index contributed by atoms with van der Waals surface area (Å²) >= 11 is 2.85. The maximum absolute atomic E-state index is 12.7. The second-order valence-electron chi connectivity index (χ2n) is 5.64. The van der Waals surface area contributed by atoms with Gasteiger partial charge in [0.05, 0.1) is 13.2 Å². The Morgan fingerprint density at radius 2 is 2.00 bits per heavy atom. The third-order valence-corrected chi connectivity index (χ3v) is 5.58. The highest BCUT2D eigenvalue weighted by Crippen LogP contribution is 2.38. The molecule has 0 unspecified atom stereocenters. The van der Waals surface area contributed by atoms with Crippen molar-refractivity contribution in [1.29, 1.82) is 0 Å². The molecular formula is C20H19NO4S2. The number of carbonyl (C=O) groups is 2. The largest absolute Gasteiger partial charge is 0.462 e. The minimum absolute atomic E-state index is 0.269. The van der Waals surface area contributed by atoms with Gasteiger partial charge in [-0.2, -0.15) is 0 Å². The highest BCUT2D eigenvalue weighted by Gasteiger charge is 2.23. The van der Waals surface area contributed by atoms with Gasteiger partial charge in [0.2, 0.25) is 0 Å². The van der Waals surface area contributed by atoms with Gasteiger partial charge in [-0.05, 0) is 36.1 Å². The monoisotopic (exact) mass is 401 g/mol. The Hall–Kier alpha value is -2.48. The SMILES string of the molecule is CCOC(=O)c1c(-c2cccs2)csc1NC(=O)c1cccc(COC)c1. The van der Waals surface area contributed by atoms with E-state index in [4.69, 9.17) is 9.47 Å². The summed E-state index contributed by atoms with van der Waals surface area (Å²) in [5, 5.41) is 7.16. The molecule has 0 aliphatic rings. The van der Waals surface area contributed by atoms with Crippen molar-refractivity contribution in [3.05, 3.63) is 63.8 Å². The van der Waals surface area contributed by atoms with Gasteiger partial charge >= 0.3 is 5.97 Å². The van der Waals surface area contributed by atoms with E-state index in [0.717, 1.165) is 16.0 Å². The zero-order valence-corrected chi connectivity index (χ0v) is 16.6. The fraction of sp³-hybridized carbons (Fsp3) is 0.200. The van der Waals surface area contributed by atoms with E-state index < -0.39 is 5.97 Å². The van der Waals surface area contributed by atoms with Crippen molar-refractivity contribution >= 4 is 39.6 Å². The van der Waals surface area contributed by atoms with Crippen LogP contribution in [0.25, 0.3) is 10.4 Å². The molecule has 0 aliphatic carbocycles. The van der Waals surface area contributed by atoms with Crippen LogP contribution in [0.15, 0.2) is 47.2 Å². The second-order valence-corrected chi connectivity index (χ2v) is 7.47. The molecule has 0 aliphatic heterocycles. The van der Waals surface area contributed by atoms with Crippen molar-refractivity contribution < 1.29 is 19.1 Å². The molecule has 5 nitrogen and oxygen atoms in total. The minimum atomic E-state index is -0.439. The number of amides is 1. The first-order valence-electron chi connectivity index (χ1n) is 8.35. The molecule has 7 heteroatoms. The van der Waals surface area contributed by atoms with Crippen LogP contribution in [0.3, 0.4) is 0 Å². The molecule has 0 atom stereocenters. The van der Waals surface area contributed by atoms with Crippen LogP contribution in [-0.4, -0.2) is 25.6 Å². The minimum Gasteiger partial charge on any atom is -0.462 e. The van der Waals surface area contributed by atoms with Crippen LogP contribution < -0.4 is 5.32 Å². The van der Waals surface area contributed by atoms with Gasteiger partial charge in [-0.15, -0.1) is 22.7 Å². The van der Waals surface area contributed by atoms with Crippen LogP contribution in [-0.2, 0) is 16.1 Å². The molecular weight excluding hydrogens is 382 g/mol. The topological polar surface area (TPSA) is 64.6 Å². The number of benzene rings is 1. The zero-order valence-electron chi connectivity index (χ0n) is 15.0. The summed E-state index contributed by atoms with van der Waals surface area (Å²) < 4.78 is 10.3. The van der Waals surface area contributed by atoms with Crippen LogP contribution in [0.4, 0.5) is 5.00 Å². The Labute approximate surface area is 165 Å². The van der Waals surface area contributed by atoms with Gasteiger partial charge < -0.3 is 14.8 Å². The van der Waals surface area contributed by atoms with Crippen molar-refractivity contribution in [3.8, 4) is 10.4 Å². The standard InChI is InChI=1S/C20H19NO4S2/c1-3-25-20(23)17-15(16-8-5-9-26-16)12-27-19(17)21-18(22)14-7-4-6-13(10-14)11-24-2/h4-10,12H,3,11H2,1-2H3,(H,21,22). The third kappa shape index (κ3) is 4.44. The number of hydrogen-bond acceptors (Lipinski definition) is 6. The Balaban J connectivity index is 1.91. The molecule has 27 heavy (non-hydrogen) atoms. The maximum atomic E-state index is 12.7. The molecule has 1 aromatic carbocycles. The summed E-state index contributed by atoms with van der Waals surface area (Å²) in [6.45, 7) is 2.45. The van der Waals surface area contributed by atoms with Gasteiger partial charge in [0.25, 0.3) is 5.91 Å². The number of ether oxygens (including phenoxy) is 2. The first-order valence-corrected chi connectivity index (χ1v) is 10.1. The number of hydrogen-bond donors (Lipinski definition) is 1. The first kappa shape index (κ1) is 19.3. The van der Waals surface area contributed by atoms with E-state index in [0.29, 0.717) is 22.7 Å². The Morgan fingerprint density at radius 3 is 2.70 bits per heavy atom. The molecule has 2 aromatic heterocycles. The summed E-state index contributed by atoms with van der Waals surface area (Å²) in [5.74, 6) is -0.719. The zero-order chi connectivity index (χ0) is 19.2. The molecule has 0 saturated heterocycles. The third-order valence-electron chi connectivity index (χ3n) is 3.78. The van der Waals surface area contributed by atoms with E-state index in [1.807, 2.05) is 29.0 Å². The van der Waals surface area contributed by atoms with Crippen LogP contribution >= 0.6 is 22.7 Å². The van der Waals surface area contributed by atoms with Crippen molar-refractivity contribution in [1.82, 2.24) is 0 Å². The van der Waals surface area contributed by atoms with Crippen molar-refractivity contribution in [2.45, 2.75) is 13.5 Å². The molecule has 2 heterocycles. The quantitative estimate of drug-likeness (QED) is 0.563. The lowest BCUT2D eigenvalue weighted by atomic mass is 10.1. The molecule has 0 spiro atoms. The predicted octanol–water partition coefficient (Wildman–Crippen LogP) is 5.05. The van der Waals surface area contributed by atoms with Crippen molar-refractivity contribution in [2.24, 2.45) is 0 Å². The molecule has 3 rings (SSSR count). The van der Waals surface area contributed by atoms with Gasteiger partial charge in [0, 0.05) is 28.5 Å². The fourth-order valence-corrected chi connectivity index (χ4v) is 4.38. The predicted molar refractivity (Wildman–Crippen MR) is 109 cm³/mol. The summed E-state index contributed by atoms with van der Waals surface area (Å²) in [5.41, 5.74) is 2.58. The van der Waals surface area contributed by atoms with E-state index in [1.54, 1.807) is 32.2 Å². The van der Waals surface area contributed by atoms with E-state index in [1.165, 1.54) is 22.7 Å². The Kier molecular flexibility index (Phi) is 6.39. The molecule has 1 amide bonds. The van der Waals surface area contributed by atoms with E-state index in [9.17, 15) is 9.59 Å². The number of nitrogens with one attached hydrogen (secondary N) is 1. The van der Waals surface area contributed by atoms with Crippen LogP contribution in [0.2, 0.25) is 0 Å². The van der Waals surface area contributed by atoms with E-state index >= 15 is 0 Å². The van der Waals surface area contributed by atoms with Crippen molar-refractivity contribution in [2.75, 3.05) is 19.0 Å². The number of thiophene rings is 2. The normalized spacial score (nSPS) is 10.6.